The molecule has 0 saturated heterocycles. The van der Waals surface area contributed by atoms with Gasteiger partial charge in [0.2, 0.25) is 0 Å². The summed E-state index contributed by atoms with van der Waals surface area (Å²) in [7, 11) is 0. The monoisotopic (exact) mass is 398 g/mol. The number of nitrogens with zero attached hydrogens (tertiary/aromatic N) is 3. The number of aryl methyl sites for hydroxylation is 2. The molecule has 0 spiro atoms. The highest BCUT2D eigenvalue weighted by Gasteiger charge is 2.16. The van der Waals surface area contributed by atoms with Crippen molar-refractivity contribution in [2.45, 2.75) is 20.3 Å². The largest absolute Gasteiger partial charge is 0.478 e. The van der Waals surface area contributed by atoms with Crippen molar-refractivity contribution in [3.05, 3.63) is 101 Å². The van der Waals surface area contributed by atoms with E-state index in [-0.39, 0.29) is 11.4 Å². The molecule has 150 valence electrons. The van der Waals surface area contributed by atoms with Crippen LogP contribution in [0, 0.1) is 13.8 Å². The van der Waals surface area contributed by atoms with Gasteiger partial charge in [-0.1, -0.05) is 42.5 Å². The predicted octanol–water partition coefficient (Wildman–Crippen LogP) is 4.92. The highest BCUT2D eigenvalue weighted by molar-refractivity contribution is 5.93. The predicted molar refractivity (Wildman–Crippen MR) is 117 cm³/mol. The molecule has 4 aromatic rings. The van der Waals surface area contributed by atoms with E-state index in [1.807, 2.05) is 42.8 Å². The molecule has 0 atom stereocenters. The molecule has 0 bridgehead atoms. The van der Waals surface area contributed by atoms with E-state index in [0.29, 0.717) is 12.2 Å². The molecule has 30 heavy (non-hydrogen) atoms. The van der Waals surface area contributed by atoms with Crippen LogP contribution >= 0.6 is 0 Å². The van der Waals surface area contributed by atoms with Crippen molar-refractivity contribution in [3.8, 4) is 5.69 Å². The second-order valence-electron chi connectivity index (χ2n) is 7.21. The maximum atomic E-state index is 11.6. The average Bonchev–Trinajstić information content (AvgIpc) is 3.12. The van der Waals surface area contributed by atoms with E-state index in [2.05, 4.69) is 40.6 Å². The van der Waals surface area contributed by atoms with Crippen molar-refractivity contribution >= 4 is 17.6 Å². The fourth-order valence-electron chi connectivity index (χ4n) is 3.34. The molecule has 2 aromatic heterocycles. The summed E-state index contributed by atoms with van der Waals surface area (Å²) in [6, 6.07) is 21.4. The van der Waals surface area contributed by atoms with Crippen LogP contribution < -0.4 is 5.32 Å². The summed E-state index contributed by atoms with van der Waals surface area (Å²) in [6.45, 7) is 4.06. The lowest BCUT2D eigenvalue weighted by molar-refractivity contribution is 0.0697. The lowest BCUT2D eigenvalue weighted by Crippen LogP contribution is -2.09. The van der Waals surface area contributed by atoms with Crippen molar-refractivity contribution in [2.24, 2.45) is 0 Å². The third-order valence-corrected chi connectivity index (χ3v) is 4.87. The molecule has 0 fully saturated rings. The number of pyridine rings is 1. The average molecular weight is 398 g/mol. The minimum absolute atomic E-state index is 0.107. The summed E-state index contributed by atoms with van der Waals surface area (Å²) in [6.07, 6.45) is 2.24. The fourth-order valence-corrected chi connectivity index (χ4v) is 3.34. The molecule has 0 saturated carbocycles. The number of carboxylic acid groups (broad SMARTS) is 1. The van der Waals surface area contributed by atoms with Crippen molar-refractivity contribution < 1.29 is 9.90 Å². The van der Waals surface area contributed by atoms with E-state index in [9.17, 15) is 9.90 Å². The van der Waals surface area contributed by atoms with Gasteiger partial charge in [0, 0.05) is 18.7 Å². The Bertz CT molecular complexity index is 1200. The van der Waals surface area contributed by atoms with Gasteiger partial charge in [-0.25, -0.2) is 14.5 Å². The number of nitrogens with one attached hydrogen (secondary N) is 1. The highest BCUT2D eigenvalue weighted by atomic mass is 16.4. The molecule has 2 heterocycles. The Morgan fingerprint density at radius 3 is 2.60 bits per heavy atom. The molecule has 2 N–H and O–H groups in total. The Balaban J connectivity index is 1.80. The van der Waals surface area contributed by atoms with Gasteiger partial charge in [-0.2, -0.15) is 5.10 Å². The van der Waals surface area contributed by atoms with Crippen LogP contribution in [0.1, 0.15) is 32.7 Å². The molecule has 2 aromatic carbocycles. The summed E-state index contributed by atoms with van der Waals surface area (Å²) in [5, 5.41) is 17.5. The van der Waals surface area contributed by atoms with E-state index in [1.165, 1.54) is 6.07 Å². The van der Waals surface area contributed by atoms with Gasteiger partial charge in [0.05, 0.1) is 11.4 Å². The van der Waals surface area contributed by atoms with Gasteiger partial charge in [0.1, 0.15) is 17.2 Å². The Hall–Kier alpha value is -3.93. The van der Waals surface area contributed by atoms with Crippen LogP contribution in [0.2, 0.25) is 0 Å². The highest BCUT2D eigenvalue weighted by Crippen LogP contribution is 2.26. The van der Waals surface area contributed by atoms with Gasteiger partial charge in [-0.3, -0.25) is 0 Å². The van der Waals surface area contributed by atoms with Crippen molar-refractivity contribution in [1.29, 1.82) is 0 Å². The summed E-state index contributed by atoms with van der Waals surface area (Å²) in [5.41, 5.74) is 5.25. The number of aromatic nitrogens is 3. The Morgan fingerprint density at radius 2 is 1.83 bits per heavy atom. The molecule has 0 amide bonds. The van der Waals surface area contributed by atoms with Crippen LogP contribution in [0.4, 0.5) is 11.6 Å². The summed E-state index contributed by atoms with van der Waals surface area (Å²) >= 11 is 0. The zero-order chi connectivity index (χ0) is 21.1. The van der Waals surface area contributed by atoms with Gasteiger partial charge in [-0.05, 0) is 48.7 Å². The maximum absolute atomic E-state index is 11.6. The van der Waals surface area contributed by atoms with E-state index < -0.39 is 5.97 Å². The van der Waals surface area contributed by atoms with Crippen LogP contribution in [0.3, 0.4) is 0 Å². The standard InChI is InChI=1S/C24H22N4O2/c1-16-10-11-17(2)21(13-16)28-22(26-23-20(24(29)30)9-6-12-25-23)15-19(27-28)14-18-7-4-3-5-8-18/h3-13,15H,14H2,1-2H3,(H,25,26)(H,29,30). The van der Waals surface area contributed by atoms with E-state index in [0.717, 1.165) is 28.1 Å². The number of hydrogen-bond donors (Lipinski definition) is 2. The van der Waals surface area contributed by atoms with Gasteiger partial charge in [0.25, 0.3) is 0 Å². The van der Waals surface area contributed by atoms with Gasteiger partial charge in [-0.15, -0.1) is 0 Å². The number of rotatable bonds is 6. The third-order valence-electron chi connectivity index (χ3n) is 4.87. The van der Waals surface area contributed by atoms with Crippen molar-refractivity contribution in [3.63, 3.8) is 0 Å². The minimum atomic E-state index is -1.03. The number of carbonyl (C=O) groups is 1. The van der Waals surface area contributed by atoms with Crippen LogP contribution in [0.15, 0.2) is 72.9 Å². The Kier molecular flexibility index (Phi) is 5.30. The third kappa shape index (κ3) is 4.07. The molecular formula is C24H22N4O2. The first-order chi connectivity index (χ1) is 14.5. The molecular weight excluding hydrogens is 376 g/mol. The Labute approximate surface area is 174 Å². The second-order valence-corrected chi connectivity index (χ2v) is 7.21. The van der Waals surface area contributed by atoms with Crippen molar-refractivity contribution in [1.82, 2.24) is 14.8 Å². The number of carboxylic acids is 1. The minimum Gasteiger partial charge on any atom is -0.478 e. The molecule has 6 heteroatoms. The smallest absolute Gasteiger partial charge is 0.339 e. The van der Waals surface area contributed by atoms with Crippen LogP contribution in [-0.2, 0) is 6.42 Å². The zero-order valence-corrected chi connectivity index (χ0v) is 16.8. The lowest BCUT2D eigenvalue weighted by Gasteiger charge is -2.13. The van der Waals surface area contributed by atoms with Gasteiger partial charge in [0.15, 0.2) is 0 Å². The van der Waals surface area contributed by atoms with Crippen LogP contribution in [-0.4, -0.2) is 25.8 Å². The first-order valence-corrected chi connectivity index (χ1v) is 9.67. The first kappa shape index (κ1) is 19.4. The van der Waals surface area contributed by atoms with Crippen LogP contribution in [0.25, 0.3) is 5.69 Å². The fraction of sp³-hybridized carbons (Fsp3) is 0.125. The molecule has 0 aliphatic heterocycles. The SMILES string of the molecule is Cc1ccc(C)c(-n2nc(Cc3ccccc3)cc2Nc2ncccc2C(=O)O)c1. The number of hydrogen-bond acceptors (Lipinski definition) is 4. The molecule has 0 aliphatic carbocycles. The summed E-state index contributed by atoms with van der Waals surface area (Å²) < 4.78 is 1.82. The molecule has 4 rings (SSSR count). The van der Waals surface area contributed by atoms with Gasteiger partial charge < -0.3 is 10.4 Å². The lowest BCUT2D eigenvalue weighted by atomic mass is 10.1. The number of aromatic carboxylic acids is 1. The quantitative estimate of drug-likeness (QED) is 0.482. The van der Waals surface area contributed by atoms with E-state index >= 15 is 0 Å². The maximum Gasteiger partial charge on any atom is 0.339 e. The first-order valence-electron chi connectivity index (χ1n) is 9.67. The normalized spacial score (nSPS) is 10.7. The summed E-state index contributed by atoms with van der Waals surface area (Å²) in [5.74, 6) is -0.0912. The molecule has 0 radical (unpaired) electrons. The molecule has 6 nitrogen and oxygen atoms in total. The Morgan fingerprint density at radius 1 is 1.03 bits per heavy atom. The molecule has 0 aliphatic rings. The number of anilines is 2. The van der Waals surface area contributed by atoms with E-state index in [4.69, 9.17) is 5.10 Å². The summed E-state index contributed by atoms with van der Waals surface area (Å²) in [4.78, 5) is 15.8. The molecule has 0 unspecified atom stereocenters. The number of benzene rings is 2. The van der Waals surface area contributed by atoms with E-state index in [1.54, 1.807) is 12.3 Å². The van der Waals surface area contributed by atoms with Gasteiger partial charge >= 0.3 is 5.97 Å². The topological polar surface area (TPSA) is 80.0 Å². The second kappa shape index (κ2) is 8.21. The van der Waals surface area contributed by atoms with Crippen LogP contribution in [0.5, 0.6) is 0 Å². The van der Waals surface area contributed by atoms with Crippen molar-refractivity contribution in [2.75, 3.05) is 5.32 Å². The zero-order valence-electron chi connectivity index (χ0n) is 16.8.